The highest BCUT2D eigenvalue weighted by atomic mass is 15.3. The summed E-state index contributed by atoms with van der Waals surface area (Å²) in [5, 5.41) is 14.3. The lowest BCUT2D eigenvalue weighted by molar-refractivity contribution is 0.229. The Hall–Kier alpha value is -0.160. The zero-order valence-electron chi connectivity index (χ0n) is 13.5. The first-order valence-corrected chi connectivity index (χ1v) is 7.26. The minimum absolute atomic E-state index is 0.217. The lowest BCUT2D eigenvalue weighted by Gasteiger charge is -2.35. The molecule has 0 amide bonds. The Bertz CT molecular complexity index is 160. The summed E-state index contributed by atoms with van der Waals surface area (Å²) in [7, 11) is 0. The zero-order valence-corrected chi connectivity index (χ0v) is 13.5. The maximum atomic E-state index is 3.59. The van der Waals surface area contributed by atoms with Gasteiger partial charge in [-0.3, -0.25) is 21.3 Å². The molecule has 0 aromatic heterocycles. The quantitative estimate of drug-likeness (QED) is 0.475. The molecule has 0 atom stereocenters. The van der Waals surface area contributed by atoms with E-state index >= 15 is 0 Å². The molecule has 0 aromatic carbocycles. The Morgan fingerprint density at radius 2 is 0.556 bits per heavy atom. The van der Waals surface area contributed by atoms with Crippen molar-refractivity contribution in [3.63, 3.8) is 0 Å². The van der Waals surface area contributed by atoms with E-state index in [0.29, 0.717) is 24.2 Å². The van der Waals surface area contributed by atoms with Crippen molar-refractivity contribution in [2.75, 3.05) is 0 Å². The van der Waals surface area contributed by atoms with Gasteiger partial charge in [0.15, 0.2) is 0 Å². The fraction of sp³-hybridized carbons (Fsp3) is 1.00. The van der Waals surface area contributed by atoms with Crippen molar-refractivity contribution in [3.8, 4) is 0 Å². The molecule has 0 saturated carbocycles. The van der Waals surface area contributed by atoms with Crippen LogP contribution in [0.1, 0.15) is 55.4 Å². The summed E-state index contributed by atoms with van der Waals surface area (Å²) in [5.41, 5.74) is 0. The molecule has 0 aromatic rings. The van der Waals surface area contributed by atoms with Crippen LogP contribution in [0.15, 0.2) is 0 Å². The third kappa shape index (κ3) is 8.86. The Morgan fingerprint density at radius 3 is 0.667 bits per heavy atom. The van der Waals surface area contributed by atoms with E-state index in [1.165, 1.54) is 0 Å². The highest BCUT2D eigenvalue weighted by molar-refractivity contribution is 4.83. The van der Waals surface area contributed by atoms with Crippen molar-refractivity contribution in [3.05, 3.63) is 0 Å². The minimum Gasteiger partial charge on any atom is -0.297 e. The molecule has 0 saturated heterocycles. The number of hydrogen-bond acceptors (Lipinski definition) is 4. The molecule has 0 aliphatic carbocycles. The van der Waals surface area contributed by atoms with Crippen LogP contribution in [-0.2, 0) is 0 Å². The average molecular weight is 258 g/mol. The fourth-order valence-electron chi connectivity index (χ4n) is 1.92. The van der Waals surface area contributed by atoms with Crippen LogP contribution in [0.4, 0.5) is 0 Å². The van der Waals surface area contributed by atoms with Gasteiger partial charge < -0.3 is 0 Å². The molecule has 4 nitrogen and oxygen atoms in total. The molecule has 0 aliphatic rings. The van der Waals surface area contributed by atoms with Gasteiger partial charge in [0.1, 0.15) is 0 Å². The van der Waals surface area contributed by atoms with E-state index in [-0.39, 0.29) is 12.3 Å². The van der Waals surface area contributed by atoms with Gasteiger partial charge in [0.25, 0.3) is 0 Å². The van der Waals surface area contributed by atoms with Gasteiger partial charge >= 0.3 is 0 Å². The van der Waals surface area contributed by atoms with E-state index in [1.807, 2.05) is 0 Å². The highest BCUT2D eigenvalue weighted by Crippen LogP contribution is 1.97. The van der Waals surface area contributed by atoms with Crippen LogP contribution in [0.5, 0.6) is 0 Å². The smallest absolute Gasteiger partial charge is 0.0870 e. The van der Waals surface area contributed by atoms with Crippen molar-refractivity contribution < 1.29 is 0 Å². The van der Waals surface area contributed by atoms with Crippen LogP contribution in [0.3, 0.4) is 0 Å². The molecule has 18 heavy (non-hydrogen) atoms. The van der Waals surface area contributed by atoms with Crippen LogP contribution >= 0.6 is 0 Å². The van der Waals surface area contributed by atoms with Crippen LogP contribution in [0.25, 0.3) is 0 Å². The molecule has 0 unspecified atom stereocenters. The van der Waals surface area contributed by atoms with Crippen LogP contribution in [0, 0.1) is 0 Å². The Balaban J connectivity index is 4.69. The molecule has 0 spiro atoms. The highest BCUT2D eigenvalue weighted by Gasteiger charge is 2.23. The summed E-state index contributed by atoms with van der Waals surface area (Å²) in [6.45, 7) is 17.4. The first-order chi connectivity index (χ1) is 8.22. The SMILES string of the molecule is CC(C)NC(NC(C)C)C(NC(C)C)NC(C)C. The van der Waals surface area contributed by atoms with Gasteiger partial charge in [-0.15, -0.1) is 0 Å². The van der Waals surface area contributed by atoms with Crippen molar-refractivity contribution in [1.82, 2.24) is 21.3 Å². The van der Waals surface area contributed by atoms with E-state index in [1.54, 1.807) is 0 Å². The van der Waals surface area contributed by atoms with E-state index in [4.69, 9.17) is 0 Å². The molecule has 0 radical (unpaired) electrons. The second kappa shape index (κ2) is 8.86. The van der Waals surface area contributed by atoms with E-state index < -0.39 is 0 Å². The normalized spacial score (nSPS) is 13.0. The van der Waals surface area contributed by atoms with Gasteiger partial charge in [-0.05, 0) is 55.4 Å². The second-order valence-corrected chi connectivity index (χ2v) is 6.24. The summed E-state index contributed by atoms with van der Waals surface area (Å²) in [6.07, 6.45) is 0.435. The van der Waals surface area contributed by atoms with Crippen LogP contribution < -0.4 is 21.3 Å². The maximum Gasteiger partial charge on any atom is 0.0870 e. The molecule has 0 fully saturated rings. The van der Waals surface area contributed by atoms with Gasteiger partial charge in [-0.2, -0.15) is 0 Å². The predicted octanol–water partition coefficient (Wildman–Crippen LogP) is 1.63. The topological polar surface area (TPSA) is 48.1 Å². The first-order valence-electron chi connectivity index (χ1n) is 7.26. The minimum atomic E-state index is 0.217. The van der Waals surface area contributed by atoms with Crippen molar-refractivity contribution in [2.45, 2.75) is 91.9 Å². The maximum absolute atomic E-state index is 3.59. The Labute approximate surface area is 114 Å². The zero-order chi connectivity index (χ0) is 14.3. The first kappa shape index (κ1) is 17.8. The summed E-state index contributed by atoms with van der Waals surface area (Å²) < 4.78 is 0. The monoisotopic (exact) mass is 258 g/mol. The fourth-order valence-corrected chi connectivity index (χ4v) is 1.92. The number of nitrogens with one attached hydrogen (secondary N) is 4. The van der Waals surface area contributed by atoms with Gasteiger partial charge in [0.05, 0.1) is 12.3 Å². The standard InChI is InChI=1S/C14H34N4/c1-9(2)15-13(16-10(3)4)14(17-11(5)6)18-12(7)8/h9-18H,1-8H3. The largest absolute Gasteiger partial charge is 0.297 e. The Morgan fingerprint density at radius 1 is 0.389 bits per heavy atom. The molecule has 0 heterocycles. The lowest BCUT2D eigenvalue weighted by atomic mass is 10.2. The molecular weight excluding hydrogens is 224 g/mol. The van der Waals surface area contributed by atoms with Crippen molar-refractivity contribution in [1.29, 1.82) is 0 Å². The average Bonchev–Trinajstić information content (AvgIpc) is 2.12. The molecule has 110 valence electrons. The third-order valence-corrected chi connectivity index (χ3v) is 2.38. The van der Waals surface area contributed by atoms with Gasteiger partial charge in [-0.1, -0.05) is 0 Å². The van der Waals surface area contributed by atoms with Crippen LogP contribution in [0.2, 0.25) is 0 Å². The van der Waals surface area contributed by atoms with Gasteiger partial charge in [-0.25, -0.2) is 0 Å². The van der Waals surface area contributed by atoms with E-state index in [0.717, 1.165) is 0 Å². The molecule has 0 rings (SSSR count). The van der Waals surface area contributed by atoms with E-state index in [9.17, 15) is 0 Å². The molecular formula is C14H34N4. The van der Waals surface area contributed by atoms with Gasteiger partial charge in [0, 0.05) is 24.2 Å². The summed E-state index contributed by atoms with van der Waals surface area (Å²) in [6, 6.07) is 1.80. The summed E-state index contributed by atoms with van der Waals surface area (Å²) >= 11 is 0. The van der Waals surface area contributed by atoms with Crippen molar-refractivity contribution in [2.24, 2.45) is 0 Å². The van der Waals surface area contributed by atoms with Crippen molar-refractivity contribution >= 4 is 0 Å². The molecule has 0 aliphatic heterocycles. The number of hydrogen-bond donors (Lipinski definition) is 4. The third-order valence-electron chi connectivity index (χ3n) is 2.38. The predicted molar refractivity (Wildman–Crippen MR) is 80.7 cm³/mol. The second-order valence-electron chi connectivity index (χ2n) is 6.24. The lowest BCUT2D eigenvalue weighted by Crippen LogP contribution is -2.66. The molecule has 0 bridgehead atoms. The van der Waals surface area contributed by atoms with E-state index in [2.05, 4.69) is 76.7 Å². The number of rotatable bonds is 9. The molecule has 4 N–H and O–H groups in total. The summed E-state index contributed by atoms with van der Waals surface area (Å²) in [5.74, 6) is 0. The Kier molecular flexibility index (Phi) is 8.78. The molecule has 4 heteroatoms. The van der Waals surface area contributed by atoms with Crippen LogP contribution in [-0.4, -0.2) is 36.5 Å². The summed E-state index contributed by atoms with van der Waals surface area (Å²) in [4.78, 5) is 0. The van der Waals surface area contributed by atoms with Gasteiger partial charge in [0.2, 0.25) is 0 Å².